The molecule has 1 aliphatic carbocycles. The second kappa shape index (κ2) is 4.65. The molecule has 0 unspecified atom stereocenters. The Morgan fingerprint density at radius 1 is 1.28 bits per heavy atom. The van der Waals surface area contributed by atoms with Crippen LogP contribution < -0.4 is 10.6 Å². The monoisotopic (exact) mass is 258 g/mol. The van der Waals surface area contributed by atoms with Crippen molar-refractivity contribution in [3.8, 4) is 0 Å². The topological polar surface area (TPSA) is 29.3 Å². The number of hydrogen-bond acceptors (Lipinski definition) is 3. The van der Waals surface area contributed by atoms with E-state index < -0.39 is 0 Å². The van der Waals surface area contributed by atoms with Gasteiger partial charge in [0.25, 0.3) is 0 Å². The molecule has 2 N–H and O–H groups in total. The van der Waals surface area contributed by atoms with Gasteiger partial charge >= 0.3 is 0 Å². The van der Waals surface area contributed by atoms with Crippen LogP contribution in [0.25, 0.3) is 0 Å². The highest BCUT2D eigenvalue weighted by Crippen LogP contribution is 2.37. The summed E-state index contributed by atoms with van der Waals surface area (Å²) in [5, 5.41) is 2.14. The SMILES string of the molecule is Cc1cccc(N(Cc2cccs2)C2CC2)c1N. The van der Waals surface area contributed by atoms with Crippen molar-refractivity contribution in [1.29, 1.82) is 0 Å². The molecular weight excluding hydrogens is 240 g/mol. The molecular formula is C15H18N2S. The van der Waals surface area contributed by atoms with Crippen LogP contribution in [-0.2, 0) is 6.54 Å². The summed E-state index contributed by atoms with van der Waals surface area (Å²) < 4.78 is 0. The van der Waals surface area contributed by atoms with Gasteiger partial charge in [0.15, 0.2) is 0 Å². The van der Waals surface area contributed by atoms with Crippen LogP contribution in [0.3, 0.4) is 0 Å². The molecule has 3 heteroatoms. The van der Waals surface area contributed by atoms with Crippen LogP contribution in [0.4, 0.5) is 11.4 Å². The Morgan fingerprint density at radius 2 is 2.11 bits per heavy atom. The molecule has 0 bridgehead atoms. The lowest BCUT2D eigenvalue weighted by molar-refractivity contribution is 0.804. The fourth-order valence-electron chi connectivity index (χ4n) is 2.28. The van der Waals surface area contributed by atoms with E-state index in [0.29, 0.717) is 6.04 Å². The van der Waals surface area contributed by atoms with Crippen LogP contribution in [-0.4, -0.2) is 6.04 Å². The molecule has 0 saturated heterocycles. The molecule has 94 valence electrons. The number of hydrogen-bond donors (Lipinski definition) is 1. The smallest absolute Gasteiger partial charge is 0.0608 e. The van der Waals surface area contributed by atoms with Gasteiger partial charge in [-0.3, -0.25) is 0 Å². The number of benzene rings is 1. The Hall–Kier alpha value is -1.48. The van der Waals surface area contributed by atoms with Gasteiger partial charge in [-0.2, -0.15) is 0 Å². The molecule has 0 atom stereocenters. The van der Waals surface area contributed by atoms with Crippen LogP contribution >= 0.6 is 11.3 Å². The van der Waals surface area contributed by atoms with E-state index in [9.17, 15) is 0 Å². The fraction of sp³-hybridized carbons (Fsp3) is 0.333. The first-order chi connectivity index (χ1) is 8.75. The normalized spacial score (nSPS) is 14.7. The molecule has 0 aliphatic heterocycles. The highest BCUT2D eigenvalue weighted by molar-refractivity contribution is 7.09. The van der Waals surface area contributed by atoms with E-state index in [1.54, 1.807) is 0 Å². The zero-order valence-electron chi connectivity index (χ0n) is 10.6. The van der Waals surface area contributed by atoms with E-state index in [2.05, 4.69) is 47.5 Å². The van der Waals surface area contributed by atoms with Gasteiger partial charge in [-0.25, -0.2) is 0 Å². The molecule has 2 nitrogen and oxygen atoms in total. The van der Waals surface area contributed by atoms with E-state index >= 15 is 0 Å². The quantitative estimate of drug-likeness (QED) is 0.845. The van der Waals surface area contributed by atoms with Crippen molar-refractivity contribution in [1.82, 2.24) is 0 Å². The van der Waals surface area contributed by atoms with Crippen molar-refractivity contribution in [3.63, 3.8) is 0 Å². The Balaban J connectivity index is 1.91. The predicted octanol–water partition coefficient (Wildman–Crippen LogP) is 3.81. The first-order valence-electron chi connectivity index (χ1n) is 6.40. The average molecular weight is 258 g/mol. The van der Waals surface area contributed by atoms with Crippen LogP contribution in [0.5, 0.6) is 0 Å². The van der Waals surface area contributed by atoms with E-state index in [1.165, 1.54) is 29.0 Å². The summed E-state index contributed by atoms with van der Waals surface area (Å²) in [4.78, 5) is 3.87. The standard InChI is InChI=1S/C15H18N2S/c1-11-4-2-6-14(15(11)16)17(12-7-8-12)10-13-5-3-9-18-13/h2-6,9,12H,7-8,10,16H2,1H3. The van der Waals surface area contributed by atoms with Gasteiger partial charge in [-0.1, -0.05) is 18.2 Å². The number of thiophene rings is 1. The highest BCUT2D eigenvalue weighted by Gasteiger charge is 2.30. The molecule has 0 amide bonds. The lowest BCUT2D eigenvalue weighted by atomic mass is 10.1. The largest absolute Gasteiger partial charge is 0.397 e. The molecule has 1 heterocycles. The number of rotatable bonds is 4. The summed E-state index contributed by atoms with van der Waals surface area (Å²) >= 11 is 1.82. The highest BCUT2D eigenvalue weighted by atomic mass is 32.1. The molecule has 1 aliphatic rings. The molecule has 18 heavy (non-hydrogen) atoms. The number of nitrogens with two attached hydrogens (primary N) is 1. The minimum atomic E-state index is 0.677. The third-order valence-corrected chi connectivity index (χ3v) is 4.37. The van der Waals surface area contributed by atoms with E-state index in [0.717, 1.165) is 12.2 Å². The van der Waals surface area contributed by atoms with E-state index in [4.69, 9.17) is 5.73 Å². The van der Waals surface area contributed by atoms with Gasteiger partial charge in [-0.05, 0) is 42.8 Å². The molecule has 1 aromatic heterocycles. The summed E-state index contributed by atoms with van der Waals surface area (Å²) in [5.41, 5.74) is 9.54. The van der Waals surface area contributed by atoms with Crippen molar-refractivity contribution in [2.24, 2.45) is 0 Å². The number of para-hydroxylation sites is 1. The van der Waals surface area contributed by atoms with Crippen molar-refractivity contribution in [2.45, 2.75) is 32.4 Å². The number of anilines is 2. The Labute approximate surface area is 112 Å². The van der Waals surface area contributed by atoms with Crippen molar-refractivity contribution in [2.75, 3.05) is 10.6 Å². The van der Waals surface area contributed by atoms with E-state index in [1.807, 2.05) is 11.3 Å². The lowest BCUT2D eigenvalue weighted by Crippen LogP contribution is -2.25. The number of nitrogens with zero attached hydrogens (tertiary/aromatic N) is 1. The van der Waals surface area contributed by atoms with Gasteiger partial charge in [0.2, 0.25) is 0 Å². The second-order valence-corrected chi connectivity index (χ2v) is 5.98. The first kappa shape index (κ1) is 11.6. The minimum absolute atomic E-state index is 0.677. The molecule has 2 aromatic rings. The van der Waals surface area contributed by atoms with Crippen LogP contribution in [0.15, 0.2) is 35.7 Å². The molecule has 3 rings (SSSR count). The summed E-state index contributed by atoms with van der Waals surface area (Å²) in [5.74, 6) is 0. The zero-order valence-corrected chi connectivity index (χ0v) is 11.4. The van der Waals surface area contributed by atoms with Gasteiger partial charge in [0, 0.05) is 10.9 Å². The Bertz CT molecular complexity index is 529. The maximum absolute atomic E-state index is 6.24. The first-order valence-corrected chi connectivity index (χ1v) is 7.28. The second-order valence-electron chi connectivity index (χ2n) is 4.95. The van der Waals surface area contributed by atoms with Gasteiger partial charge in [-0.15, -0.1) is 11.3 Å². The zero-order chi connectivity index (χ0) is 12.5. The predicted molar refractivity (Wildman–Crippen MR) is 79.1 cm³/mol. The van der Waals surface area contributed by atoms with Crippen LogP contribution in [0, 0.1) is 6.92 Å². The molecule has 1 saturated carbocycles. The van der Waals surface area contributed by atoms with Gasteiger partial charge in [0.05, 0.1) is 17.9 Å². The maximum atomic E-state index is 6.24. The van der Waals surface area contributed by atoms with Crippen LogP contribution in [0.1, 0.15) is 23.3 Å². The van der Waals surface area contributed by atoms with Crippen LogP contribution in [0.2, 0.25) is 0 Å². The number of aryl methyl sites for hydroxylation is 1. The fourth-order valence-corrected chi connectivity index (χ4v) is 2.99. The van der Waals surface area contributed by atoms with Gasteiger partial charge < -0.3 is 10.6 Å². The van der Waals surface area contributed by atoms with Crippen molar-refractivity contribution < 1.29 is 0 Å². The molecule has 0 spiro atoms. The summed E-state index contributed by atoms with van der Waals surface area (Å²) in [6, 6.07) is 11.3. The summed E-state index contributed by atoms with van der Waals surface area (Å²) in [6.45, 7) is 3.06. The van der Waals surface area contributed by atoms with Gasteiger partial charge in [0.1, 0.15) is 0 Å². The van der Waals surface area contributed by atoms with Crippen molar-refractivity contribution >= 4 is 22.7 Å². The molecule has 0 radical (unpaired) electrons. The minimum Gasteiger partial charge on any atom is -0.397 e. The Morgan fingerprint density at radius 3 is 2.78 bits per heavy atom. The Kier molecular flexibility index (Phi) is 3.00. The number of nitrogen functional groups attached to an aromatic ring is 1. The average Bonchev–Trinajstić information content (AvgIpc) is 3.08. The summed E-state index contributed by atoms with van der Waals surface area (Å²) in [7, 11) is 0. The molecule has 1 aromatic carbocycles. The summed E-state index contributed by atoms with van der Waals surface area (Å²) in [6.07, 6.45) is 2.58. The van der Waals surface area contributed by atoms with Crippen molar-refractivity contribution in [3.05, 3.63) is 46.2 Å². The molecule has 1 fully saturated rings. The van der Waals surface area contributed by atoms with E-state index in [-0.39, 0.29) is 0 Å². The lowest BCUT2D eigenvalue weighted by Gasteiger charge is -2.26. The maximum Gasteiger partial charge on any atom is 0.0608 e. The third kappa shape index (κ3) is 2.23. The third-order valence-electron chi connectivity index (χ3n) is 3.50.